The second kappa shape index (κ2) is 13.2. The SMILES string of the molecule is CN=C(NCCNC(=O)c1ccc(OC)cc1)NCCc1ccc(Cl)nc1.I. The molecule has 152 valence electrons. The van der Waals surface area contributed by atoms with Crippen molar-refractivity contribution in [2.75, 3.05) is 33.8 Å². The number of aliphatic imine (C=N–C) groups is 1. The summed E-state index contributed by atoms with van der Waals surface area (Å²) >= 11 is 5.77. The first-order valence-electron chi connectivity index (χ1n) is 8.59. The second-order valence-electron chi connectivity index (χ2n) is 5.65. The number of nitrogens with zero attached hydrogens (tertiary/aromatic N) is 2. The molecule has 0 radical (unpaired) electrons. The maximum atomic E-state index is 12.1. The highest BCUT2D eigenvalue weighted by Gasteiger charge is 2.05. The van der Waals surface area contributed by atoms with Crippen LogP contribution in [0.5, 0.6) is 5.75 Å². The van der Waals surface area contributed by atoms with Crippen molar-refractivity contribution in [1.29, 1.82) is 0 Å². The molecule has 1 heterocycles. The molecule has 0 saturated heterocycles. The van der Waals surface area contributed by atoms with Gasteiger partial charge in [-0.1, -0.05) is 17.7 Å². The number of hydrogen-bond acceptors (Lipinski definition) is 4. The van der Waals surface area contributed by atoms with E-state index < -0.39 is 0 Å². The molecular formula is C19H25ClIN5O2. The van der Waals surface area contributed by atoms with Gasteiger partial charge in [0.05, 0.1) is 7.11 Å². The molecule has 3 N–H and O–H groups in total. The number of guanidine groups is 1. The summed E-state index contributed by atoms with van der Waals surface area (Å²) in [6.45, 7) is 1.75. The predicted octanol–water partition coefficient (Wildman–Crippen LogP) is 2.50. The van der Waals surface area contributed by atoms with Crippen LogP contribution < -0.4 is 20.7 Å². The van der Waals surface area contributed by atoms with E-state index in [0.29, 0.717) is 36.3 Å². The molecule has 0 bridgehead atoms. The minimum atomic E-state index is -0.127. The lowest BCUT2D eigenvalue weighted by atomic mass is 10.2. The maximum absolute atomic E-state index is 12.1. The number of rotatable bonds is 8. The zero-order valence-electron chi connectivity index (χ0n) is 15.9. The van der Waals surface area contributed by atoms with Gasteiger partial charge in [0.2, 0.25) is 0 Å². The summed E-state index contributed by atoms with van der Waals surface area (Å²) in [6, 6.07) is 10.7. The Balaban J connectivity index is 0.00000392. The molecule has 0 fully saturated rings. The van der Waals surface area contributed by atoms with E-state index in [1.54, 1.807) is 50.7 Å². The molecule has 1 aromatic carbocycles. The highest BCUT2D eigenvalue weighted by molar-refractivity contribution is 14.0. The van der Waals surface area contributed by atoms with Gasteiger partial charge in [0.1, 0.15) is 10.9 Å². The highest BCUT2D eigenvalue weighted by Crippen LogP contribution is 2.10. The number of aromatic nitrogens is 1. The summed E-state index contributed by atoms with van der Waals surface area (Å²) in [4.78, 5) is 20.3. The van der Waals surface area contributed by atoms with Crippen LogP contribution >= 0.6 is 35.6 Å². The average Bonchev–Trinajstić information content (AvgIpc) is 2.71. The van der Waals surface area contributed by atoms with Crippen LogP contribution in [0.15, 0.2) is 47.6 Å². The standard InChI is InChI=1S/C19H24ClN5O2.HI/c1-21-19(23-10-9-14-3-8-17(20)25-13-14)24-12-11-22-18(26)15-4-6-16(27-2)7-5-15;/h3-8,13H,9-12H2,1-2H3,(H,22,26)(H2,21,23,24);1H. The quantitative estimate of drug-likeness (QED) is 0.165. The van der Waals surface area contributed by atoms with Crippen molar-refractivity contribution in [1.82, 2.24) is 20.9 Å². The van der Waals surface area contributed by atoms with Gasteiger partial charge in [0.25, 0.3) is 5.91 Å². The molecule has 9 heteroatoms. The van der Waals surface area contributed by atoms with Crippen LogP contribution in [0.2, 0.25) is 5.15 Å². The number of carbonyl (C=O) groups is 1. The lowest BCUT2D eigenvalue weighted by Gasteiger charge is -2.12. The second-order valence-corrected chi connectivity index (χ2v) is 6.04. The van der Waals surface area contributed by atoms with Gasteiger partial charge in [-0.05, 0) is 42.3 Å². The molecule has 28 heavy (non-hydrogen) atoms. The van der Waals surface area contributed by atoms with Crippen LogP contribution in [-0.2, 0) is 6.42 Å². The molecule has 0 atom stereocenters. The fourth-order valence-corrected chi connectivity index (χ4v) is 2.41. The van der Waals surface area contributed by atoms with E-state index in [2.05, 4.69) is 25.9 Å². The summed E-state index contributed by atoms with van der Waals surface area (Å²) in [5, 5.41) is 9.72. The molecule has 0 saturated carbocycles. The Morgan fingerprint density at radius 1 is 1.07 bits per heavy atom. The largest absolute Gasteiger partial charge is 0.497 e. The highest BCUT2D eigenvalue weighted by atomic mass is 127. The van der Waals surface area contributed by atoms with E-state index in [4.69, 9.17) is 16.3 Å². The van der Waals surface area contributed by atoms with Crippen molar-refractivity contribution in [2.24, 2.45) is 4.99 Å². The van der Waals surface area contributed by atoms with E-state index in [1.165, 1.54) is 0 Å². The molecule has 2 rings (SSSR count). The van der Waals surface area contributed by atoms with E-state index >= 15 is 0 Å². The Morgan fingerprint density at radius 2 is 1.75 bits per heavy atom. The van der Waals surface area contributed by atoms with Crippen molar-refractivity contribution in [2.45, 2.75) is 6.42 Å². The molecule has 0 aliphatic rings. The first kappa shape index (κ1) is 24.0. The number of carbonyl (C=O) groups excluding carboxylic acids is 1. The molecule has 0 aliphatic carbocycles. The summed E-state index contributed by atoms with van der Waals surface area (Å²) in [5.41, 5.74) is 1.68. The van der Waals surface area contributed by atoms with Crippen LogP contribution in [0.1, 0.15) is 15.9 Å². The van der Waals surface area contributed by atoms with E-state index in [9.17, 15) is 4.79 Å². The Bertz CT molecular complexity index is 754. The zero-order chi connectivity index (χ0) is 19.5. The molecule has 7 nitrogen and oxygen atoms in total. The Hall–Kier alpha value is -2.07. The smallest absolute Gasteiger partial charge is 0.251 e. The molecular weight excluding hydrogens is 493 g/mol. The first-order chi connectivity index (χ1) is 13.1. The lowest BCUT2D eigenvalue weighted by molar-refractivity contribution is 0.0954. The lowest BCUT2D eigenvalue weighted by Crippen LogP contribution is -2.42. The third-order valence-electron chi connectivity index (χ3n) is 3.77. The van der Waals surface area contributed by atoms with Crippen LogP contribution in [-0.4, -0.2) is 50.6 Å². The fraction of sp³-hybridized carbons (Fsp3) is 0.316. The number of methoxy groups -OCH3 is 1. The minimum absolute atomic E-state index is 0. The van der Waals surface area contributed by atoms with Gasteiger partial charge in [-0.2, -0.15) is 0 Å². The van der Waals surface area contributed by atoms with E-state index in [-0.39, 0.29) is 29.9 Å². The maximum Gasteiger partial charge on any atom is 0.251 e. The molecule has 2 aromatic rings. The number of benzene rings is 1. The van der Waals surface area contributed by atoms with Gasteiger partial charge in [-0.15, -0.1) is 24.0 Å². The number of nitrogens with one attached hydrogen (secondary N) is 3. The van der Waals surface area contributed by atoms with Crippen LogP contribution in [0.25, 0.3) is 0 Å². The third kappa shape index (κ3) is 8.30. The predicted molar refractivity (Wildman–Crippen MR) is 123 cm³/mol. The van der Waals surface area contributed by atoms with Gasteiger partial charge < -0.3 is 20.7 Å². The zero-order valence-corrected chi connectivity index (χ0v) is 19.0. The molecule has 0 spiro atoms. The number of hydrogen-bond donors (Lipinski definition) is 3. The first-order valence-corrected chi connectivity index (χ1v) is 8.97. The summed E-state index contributed by atoms with van der Waals surface area (Å²) in [7, 11) is 3.29. The van der Waals surface area contributed by atoms with Crippen LogP contribution in [0, 0.1) is 0 Å². The van der Waals surface area contributed by atoms with Crippen molar-refractivity contribution in [3.05, 3.63) is 58.9 Å². The number of pyridine rings is 1. The van der Waals surface area contributed by atoms with Crippen LogP contribution in [0.4, 0.5) is 0 Å². The van der Waals surface area contributed by atoms with Gasteiger partial charge in [0, 0.05) is 38.4 Å². The van der Waals surface area contributed by atoms with Crippen molar-refractivity contribution in [3.8, 4) is 5.75 Å². The van der Waals surface area contributed by atoms with Gasteiger partial charge in [-0.25, -0.2) is 4.98 Å². The Labute approximate surface area is 187 Å². The molecule has 0 unspecified atom stereocenters. The minimum Gasteiger partial charge on any atom is -0.497 e. The monoisotopic (exact) mass is 517 g/mol. The van der Waals surface area contributed by atoms with Crippen LogP contribution in [0.3, 0.4) is 0 Å². The van der Waals surface area contributed by atoms with Gasteiger partial charge in [0.15, 0.2) is 5.96 Å². The molecule has 0 aliphatic heterocycles. The topological polar surface area (TPSA) is 87.6 Å². The van der Waals surface area contributed by atoms with Crippen molar-refractivity contribution in [3.63, 3.8) is 0 Å². The van der Waals surface area contributed by atoms with Gasteiger partial charge >= 0.3 is 0 Å². The Morgan fingerprint density at radius 3 is 2.36 bits per heavy atom. The number of amides is 1. The van der Waals surface area contributed by atoms with Crippen molar-refractivity contribution >= 4 is 47.4 Å². The van der Waals surface area contributed by atoms with E-state index in [1.807, 2.05) is 6.07 Å². The molecule has 1 amide bonds. The normalized spacial score (nSPS) is 10.6. The molecule has 1 aromatic heterocycles. The number of halogens is 2. The Kier molecular flexibility index (Phi) is 11.3. The van der Waals surface area contributed by atoms with E-state index in [0.717, 1.165) is 17.7 Å². The third-order valence-corrected chi connectivity index (χ3v) is 4.00. The number of ether oxygens (including phenoxy) is 1. The summed E-state index contributed by atoms with van der Waals surface area (Å²) < 4.78 is 5.08. The summed E-state index contributed by atoms with van der Waals surface area (Å²) in [6.07, 6.45) is 2.56. The van der Waals surface area contributed by atoms with Gasteiger partial charge in [-0.3, -0.25) is 9.79 Å². The fourth-order valence-electron chi connectivity index (χ4n) is 2.30. The summed E-state index contributed by atoms with van der Waals surface area (Å²) in [5.74, 6) is 1.27. The van der Waals surface area contributed by atoms with Crippen molar-refractivity contribution < 1.29 is 9.53 Å². The average molecular weight is 518 g/mol.